The van der Waals surface area contributed by atoms with Crippen LogP contribution in [0.4, 0.5) is 0 Å². The zero-order valence-electron chi connectivity index (χ0n) is 14.5. The second kappa shape index (κ2) is 9.37. The summed E-state index contributed by atoms with van der Waals surface area (Å²) in [7, 11) is -2.43. The van der Waals surface area contributed by atoms with Crippen molar-refractivity contribution in [2.45, 2.75) is 58.5 Å². The Balaban J connectivity index is 0. The third-order valence-corrected chi connectivity index (χ3v) is 8.11. The average molecular weight is 449 g/mol. The van der Waals surface area contributed by atoms with E-state index in [-0.39, 0.29) is 51.0 Å². The Labute approximate surface area is 170 Å². The molecule has 120 valence electrons. The number of hydrogen-bond acceptors (Lipinski definition) is 0. The molecular formula is C17H26Cl2Si2Zr. The van der Waals surface area contributed by atoms with Gasteiger partial charge in [-0.3, -0.25) is 12.2 Å². The molecule has 0 bridgehead atoms. The molecule has 0 aliphatic heterocycles. The Bertz CT molecular complexity index is 458. The molecule has 2 aliphatic rings. The minimum atomic E-state index is -1.21. The normalized spacial score (nSPS) is 17.4. The first-order chi connectivity index (χ1) is 8.69. The van der Waals surface area contributed by atoms with Crippen LogP contribution < -0.4 is 24.8 Å². The molecule has 0 spiro atoms. The van der Waals surface area contributed by atoms with Crippen LogP contribution >= 0.6 is 0 Å². The minimum Gasteiger partial charge on any atom is -1.00 e. The fourth-order valence-corrected chi connectivity index (χ4v) is 6.59. The summed E-state index contributed by atoms with van der Waals surface area (Å²) in [4.78, 5) is 0. The molecule has 0 unspecified atom stereocenters. The summed E-state index contributed by atoms with van der Waals surface area (Å²) >= 11 is 0. The van der Waals surface area contributed by atoms with E-state index in [2.05, 4.69) is 63.6 Å². The zero-order chi connectivity index (χ0) is 14.3. The third kappa shape index (κ3) is 6.05. The molecule has 0 amide bonds. The van der Waals surface area contributed by atoms with Crippen LogP contribution in [-0.4, -0.2) is 16.1 Å². The molecule has 0 aromatic rings. The van der Waals surface area contributed by atoms with Crippen molar-refractivity contribution in [3.05, 3.63) is 45.8 Å². The molecule has 0 heterocycles. The second-order valence-corrected chi connectivity index (χ2v) is 17.7. The van der Waals surface area contributed by atoms with Crippen molar-refractivity contribution in [2.24, 2.45) is 0 Å². The second-order valence-electron chi connectivity index (χ2n) is 7.63. The van der Waals surface area contributed by atoms with E-state index in [1.165, 1.54) is 11.1 Å². The van der Waals surface area contributed by atoms with E-state index >= 15 is 0 Å². The van der Waals surface area contributed by atoms with Crippen LogP contribution in [0.15, 0.2) is 33.7 Å². The van der Waals surface area contributed by atoms with Gasteiger partial charge in [-0.15, -0.1) is 12.8 Å². The third-order valence-electron chi connectivity index (χ3n) is 3.86. The first kappa shape index (κ1) is 25.1. The Kier molecular flexibility index (Phi) is 10.7. The topological polar surface area (TPSA) is 0 Å². The average Bonchev–Trinajstić information content (AvgIpc) is 2.83. The van der Waals surface area contributed by atoms with Gasteiger partial charge in [0.15, 0.2) is 0 Å². The standard InChI is InChI=1S/C17H26Si2.2ClH.Zr/c1-18(2,3)16-11-7-9-14(16)13-15-10-8-12-17(15)19(4,5)6;;;/h11-12H,7-8,13H2,1-6H3;2*1H;/q-2;;;+4/p-2. The van der Waals surface area contributed by atoms with Gasteiger partial charge >= 0.3 is 26.2 Å². The molecule has 0 saturated carbocycles. The number of halogens is 2. The van der Waals surface area contributed by atoms with E-state index in [0.29, 0.717) is 0 Å². The Morgan fingerprint density at radius 2 is 1.09 bits per heavy atom. The fraction of sp³-hybridized carbons (Fsp3) is 0.529. The Hall–Kier alpha value is 0.857. The van der Waals surface area contributed by atoms with Gasteiger partial charge in [-0.05, 0) is 16.1 Å². The first-order valence-corrected chi connectivity index (χ1v) is 14.3. The van der Waals surface area contributed by atoms with Crippen LogP contribution in [0, 0.1) is 12.2 Å². The van der Waals surface area contributed by atoms with Crippen LogP contribution in [0.1, 0.15) is 19.3 Å². The SMILES string of the molecule is C[Si](C)(C)C1=CC[C-]=C1CC1=[C-]CC=C1[Si](C)(C)C.[Cl-].[Cl-].[Zr+4]. The van der Waals surface area contributed by atoms with Crippen molar-refractivity contribution in [3.63, 3.8) is 0 Å². The molecule has 0 aromatic heterocycles. The fourth-order valence-electron chi connectivity index (χ4n) is 3.00. The molecule has 0 aromatic carbocycles. The summed E-state index contributed by atoms with van der Waals surface area (Å²) in [5.74, 6) is 0. The van der Waals surface area contributed by atoms with Crippen molar-refractivity contribution in [2.75, 3.05) is 0 Å². The number of hydrogen-bond donors (Lipinski definition) is 0. The Morgan fingerprint density at radius 3 is 1.36 bits per heavy atom. The molecular weight excluding hydrogens is 422 g/mol. The van der Waals surface area contributed by atoms with Gasteiger partial charge in [0.1, 0.15) is 0 Å². The zero-order valence-corrected chi connectivity index (χ0v) is 20.5. The van der Waals surface area contributed by atoms with Gasteiger partial charge in [-0.2, -0.15) is 12.2 Å². The molecule has 5 heteroatoms. The predicted molar refractivity (Wildman–Crippen MR) is 90.2 cm³/mol. The summed E-state index contributed by atoms with van der Waals surface area (Å²) < 4.78 is 0. The van der Waals surface area contributed by atoms with Gasteiger partial charge in [-0.1, -0.05) is 45.7 Å². The van der Waals surface area contributed by atoms with Gasteiger partial charge < -0.3 is 24.8 Å². The number of allylic oxidation sites excluding steroid dienone is 8. The van der Waals surface area contributed by atoms with Gasteiger partial charge in [-0.25, -0.2) is 21.5 Å². The van der Waals surface area contributed by atoms with Crippen molar-refractivity contribution in [3.8, 4) is 0 Å². The van der Waals surface area contributed by atoms with Gasteiger partial charge in [0.2, 0.25) is 0 Å². The summed E-state index contributed by atoms with van der Waals surface area (Å²) in [5.41, 5.74) is 2.96. The molecule has 2 aliphatic carbocycles. The van der Waals surface area contributed by atoms with Crippen molar-refractivity contribution >= 4 is 16.1 Å². The smallest absolute Gasteiger partial charge is 1.00 e. The molecule has 0 radical (unpaired) electrons. The first-order valence-electron chi connectivity index (χ1n) is 7.31. The van der Waals surface area contributed by atoms with E-state index < -0.39 is 16.1 Å². The molecule has 2 rings (SSSR count). The molecule has 0 fully saturated rings. The molecule has 22 heavy (non-hydrogen) atoms. The molecule has 0 atom stereocenters. The van der Waals surface area contributed by atoms with Gasteiger partial charge in [0.25, 0.3) is 0 Å². The quantitative estimate of drug-likeness (QED) is 0.393. The van der Waals surface area contributed by atoms with Gasteiger partial charge in [0.05, 0.1) is 0 Å². The maximum Gasteiger partial charge on any atom is 4.00 e. The summed E-state index contributed by atoms with van der Waals surface area (Å²) in [6, 6.07) is 0. The van der Waals surface area contributed by atoms with E-state index in [9.17, 15) is 0 Å². The van der Waals surface area contributed by atoms with Crippen LogP contribution in [0.25, 0.3) is 0 Å². The summed E-state index contributed by atoms with van der Waals surface area (Å²) in [6.45, 7) is 14.6. The van der Waals surface area contributed by atoms with E-state index in [1.54, 1.807) is 10.4 Å². The molecule has 0 N–H and O–H groups in total. The van der Waals surface area contributed by atoms with Crippen molar-refractivity contribution in [1.82, 2.24) is 0 Å². The van der Waals surface area contributed by atoms with E-state index in [1.807, 2.05) is 0 Å². The van der Waals surface area contributed by atoms with Crippen LogP contribution in [0.5, 0.6) is 0 Å². The summed E-state index contributed by atoms with van der Waals surface area (Å²) in [5, 5.41) is 3.26. The largest absolute Gasteiger partial charge is 4.00 e. The van der Waals surface area contributed by atoms with Crippen molar-refractivity contribution in [1.29, 1.82) is 0 Å². The summed E-state index contributed by atoms with van der Waals surface area (Å²) in [6.07, 6.45) is 15.1. The number of rotatable bonds is 4. The van der Waals surface area contributed by atoms with Crippen molar-refractivity contribution < 1.29 is 51.0 Å². The van der Waals surface area contributed by atoms with Gasteiger partial charge in [0, 0.05) is 0 Å². The van der Waals surface area contributed by atoms with E-state index in [0.717, 1.165) is 19.3 Å². The van der Waals surface area contributed by atoms with E-state index in [4.69, 9.17) is 0 Å². The molecule has 0 nitrogen and oxygen atoms in total. The van der Waals surface area contributed by atoms with Crippen LogP contribution in [-0.2, 0) is 26.2 Å². The maximum absolute atomic E-state index is 3.60. The monoisotopic (exact) mass is 446 g/mol. The maximum atomic E-state index is 3.60. The molecule has 0 saturated heterocycles. The van der Waals surface area contributed by atoms with Crippen LogP contribution in [0.2, 0.25) is 39.3 Å². The van der Waals surface area contributed by atoms with Crippen LogP contribution in [0.3, 0.4) is 0 Å². The predicted octanol–water partition coefficient (Wildman–Crippen LogP) is -0.744. The Morgan fingerprint density at radius 1 is 0.773 bits per heavy atom. The minimum absolute atomic E-state index is 0.